The highest BCUT2D eigenvalue weighted by molar-refractivity contribution is 5.72. The van der Waals surface area contributed by atoms with Crippen molar-refractivity contribution in [1.82, 2.24) is 0 Å². The number of hydrogen-bond acceptors (Lipinski definition) is 1. The maximum Gasteiger partial charge on any atom is 0.429 e. The number of unbranched alkanes of at least 4 members (excludes halogenated alkanes) is 2. The summed E-state index contributed by atoms with van der Waals surface area (Å²) in [6.07, 6.45) is 1.35. The zero-order valence-electron chi connectivity index (χ0n) is 25.3. The van der Waals surface area contributed by atoms with Crippen LogP contribution in [-0.2, 0) is 25.4 Å². The Balaban J connectivity index is 1.25. The van der Waals surface area contributed by atoms with Gasteiger partial charge in [-0.3, -0.25) is 0 Å². The number of hydrogen-bond donors (Lipinski definition) is 0. The highest BCUT2D eigenvalue weighted by Crippen LogP contribution is 2.36. The van der Waals surface area contributed by atoms with Crippen LogP contribution in [0.2, 0.25) is 0 Å². The maximum atomic E-state index is 15.0. The molecule has 0 heterocycles. The first-order valence-corrected chi connectivity index (χ1v) is 15.1. The molecule has 0 aromatic heterocycles. The quantitative estimate of drug-likeness (QED) is 0.0739. The molecule has 0 unspecified atom stereocenters. The van der Waals surface area contributed by atoms with Gasteiger partial charge < -0.3 is 4.74 Å². The van der Waals surface area contributed by atoms with E-state index in [-0.39, 0.29) is 22.3 Å². The van der Waals surface area contributed by atoms with Crippen LogP contribution in [0.4, 0.5) is 35.1 Å². The third-order valence-electron chi connectivity index (χ3n) is 7.90. The van der Waals surface area contributed by atoms with Crippen LogP contribution in [-0.4, -0.2) is 0 Å². The highest BCUT2D eigenvalue weighted by Gasteiger charge is 2.38. The molecule has 244 valence electrons. The first-order valence-electron chi connectivity index (χ1n) is 15.1. The summed E-state index contributed by atoms with van der Waals surface area (Å²) in [5.41, 5.74) is 1.04. The minimum Gasteiger partial charge on any atom is -0.429 e. The predicted octanol–water partition coefficient (Wildman–Crippen LogP) is 11.5. The van der Waals surface area contributed by atoms with Crippen LogP contribution in [0.3, 0.4) is 0 Å². The SMILES string of the molecule is CCCCCc1ccc(CCc2ccc(C(F)(F)Oc3ccc(-c4ccc(-c5cc(F)c(F)c(F)c5)c(F)c4)c(F)c3)c(F)c2)cc1. The zero-order valence-corrected chi connectivity index (χ0v) is 25.3. The molecule has 47 heavy (non-hydrogen) atoms. The largest absolute Gasteiger partial charge is 0.429 e. The fourth-order valence-corrected chi connectivity index (χ4v) is 5.31. The molecule has 1 nitrogen and oxygen atoms in total. The number of alkyl halides is 2. The second kappa shape index (κ2) is 14.4. The Kier molecular flexibility index (Phi) is 10.3. The highest BCUT2D eigenvalue weighted by atomic mass is 19.3. The van der Waals surface area contributed by atoms with E-state index in [1.165, 1.54) is 24.1 Å². The molecule has 0 amide bonds. The summed E-state index contributed by atoms with van der Waals surface area (Å²) in [4.78, 5) is 0. The van der Waals surface area contributed by atoms with Crippen molar-refractivity contribution in [2.24, 2.45) is 0 Å². The fourth-order valence-electron chi connectivity index (χ4n) is 5.31. The molecule has 0 aliphatic heterocycles. The van der Waals surface area contributed by atoms with Crippen LogP contribution in [0.1, 0.15) is 48.4 Å². The van der Waals surface area contributed by atoms with Crippen LogP contribution in [0.15, 0.2) is 91.0 Å². The number of benzene rings is 5. The molecule has 0 aliphatic carbocycles. The second-order valence-electron chi connectivity index (χ2n) is 11.3. The zero-order chi connectivity index (χ0) is 33.7. The summed E-state index contributed by atoms with van der Waals surface area (Å²) >= 11 is 0. The van der Waals surface area contributed by atoms with Crippen molar-refractivity contribution in [2.45, 2.75) is 51.6 Å². The van der Waals surface area contributed by atoms with Gasteiger partial charge in [0.25, 0.3) is 0 Å². The summed E-state index contributed by atoms with van der Waals surface area (Å²) in [5.74, 6) is -8.53. The topological polar surface area (TPSA) is 9.23 Å². The number of aryl methyl sites for hydroxylation is 3. The summed E-state index contributed by atoms with van der Waals surface area (Å²) in [6, 6.07) is 18.8. The van der Waals surface area contributed by atoms with E-state index < -0.39 is 52.3 Å². The van der Waals surface area contributed by atoms with Gasteiger partial charge in [0.05, 0.1) is 5.56 Å². The van der Waals surface area contributed by atoms with Gasteiger partial charge in [0, 0.05) is 17.2 Å². The maximum absolute atomic E-state index is 15.0. The molecule has 0 atom stereocenters. The monoisotopic (exact) mass is 654 g/mol. The Morgan fingerprint density at radius 1 is 0.511 bits per heavy atom. The molecule has 0 saturated carbocycles. The van der Waals surface area contributed by atoms with Crippen LogP contribution < -0.4 is 4.74 Å². The van der Waals surface area contributed by atoms with Gasteiger partial charge in [-0.2, -0.15) is 8.78 Å². The van der Waals surface area contributed by atoms with Crippen molar-refractivity contribution in [3.63, 3.8) is 0 Å². The van der Waals surface area contributed by atoms with Crippen molar-refractivity contribution >= 4 is 0 Å². The molecule has 0 fully saturated rings. The number of ether oxygens (including phenoxy) is 1. The van der Waals surface area contributed by atoms with E-state index in [0.29, 0.717) is 36.6 Å². The lowest BCUT2D eigenvalue weighted by atomic mass is 9.99. The first kappa shape index (κ1) is 33.7. The molecular weight excluding hydrogens is 624 g/mol. The third kappa shape index (κ3) is 8.02. The Bertz CT molecular complexity index is 1840. The molecule has 5 aromatic rings. The van der Waals surface area contributed by atoms with Crippen LogP contribution >= 0.6 is 0 Å². The van der Waals surface area contributed by atoms with E-state index in [2.05, 4.69) is 19.1 Å². The molecule has 0 spiro atoms. The summed E-state index contributed by atoms with van der Waals surface area (Å²) < 4.78 is 120. The van der Waals surface area contributed by atoms with Crippen LogP contribution in [0, 0.1) is 34.9 Å². The van der Waals surface area contributed by atoms with E-state index in [1.807, 2.05) is 12.1 Å². The van der Waals surface area contributed by atoms with Gasteiger partial charge in [-0.1, -0.05) is 62.2 Å². The van der Waals surface area contributed by atoms with Gasteiger partial charge in [-0.05, 0) is 96.0 Å². The van der Waals surface area contributed by atoms with Gasteiger partial charge >= 0.3 is 6.11 Å². The van der Waals surface area contributed by atoms with Crippen LogP contribution in [0.5, 0.6) is 5.75 Å². The van der Waals surface area contributed by atoms with Gasteiger partial charge in [-0.25, -0.2) is 26.3 Å². The van der Waals surface area contributed by atoms with Gasteiger partial charge in [0.1, 0.15) is 23.2 Å². The number of rotatable bonds is 12. The average molecular weight is 655 g/mol. The lowest BCUT2D eigenvalue weighted by Crippen LogP contribution is -2.23. The minimum absolute atomic E-state index is 0.0188. The summed E-state index contributed by atoms with van der Waals surface area (Å²) in [6.45, 7) is 2.15. The van der Waals surface area contributed by atoms with Crippen LogP contribution in [0.25, 0.3) is 22.3 Å². The molecule has 0 saturated heterocycles. The Morgan fingerprint density at radius 3 is 1.68 bits per heavy atom. The molecule has 0 aliphatic rings. The van der Waals surface area contributed by atoms with E-state index in [4.69, 9.17) is 4.74 Å². The molecule has 5 aromatic carbocycles. The fraction of sp³-hybridized carbons (Fsp3) is 0.211. The van der Waals surface area contributed by atoms with Crippen molar-refractivity contribution in [3.8, 4) is 28.0 Å². The Hall–Kier alpha value is -4.66. The predicted molar refractivity (Wildman–Crippen MR) is 165 cm³/mol. The van der Waals surface area contributed by atoms with Gasteiger partial charge in [0.2, 0.25) is 0 Å². The molecule has 0 radical (unpaired) electrons. The van der Waals surface area contributed by atoms with Gasteiger partial charge in [0.15, 0.2) is 17.5 Å². The Morgan fingerprint density at radius 2 is 1.06 bits per heavy atom. The lowest BCUT2D eigenvalue weighted by molar-refractivity contribution is -0.187. The van der Waals surface area contributed by atoms with Crippen molar-refractivity contribution in [1.29, 1.82) is 0 Å². The molecule has 0 N–H and O–H groups in total. The van der Waals surface area contributed by atoms with Crippen molar-refractivity contribution in [3.05, 3.63) is 148 Å². The average Bonchev–Trinajstić information content (AvgIpc) is 3.03. The summed E-state index contributed by atoms with van der Waals surface area (Å²) in [7, 11) is 0. The smallest absolute Gasteiger partial charge is 0.429 e. The van der Waals surface area contributed by atoms with E-state index in [1.54, 1.807) is 0 Å². The molecule has 0 bridgehead atoms. The van der Waals surface area contributed by atoms with Gasteiger partial charge in [-0.15, -0.1) is 0 Å². The van der Waals surface area contributed by atoms with Crippen molar-refractivity contribution in [2.75, 3.05) is 0 Å². The molecule has 5 rings (SSSR count). The number of halogens is 8. The second-order valence-corrected chi connectivity index (χ2v) is 11.3. The first-order chi connectivity index (χ1) is 22.4. The Labute approximate surface area is 267 Å². The normalized spacial score (nSPS) is 11.6. The minimum atomic E-state index is -4.14. The van der Waals surface area contributed by atoms with Crippen molar-refractivity contribution < 1.29 is 39.9 Å². The lowest BCUT2D eigenvalue weighted by Gasteiger charge is -2.20. The molecule has 9 heteroatoms. The molecular formula is C38H30F8O. The third-order valence-corrected chi connectivity index (χ3v) is 7.90. The van der Waals surface area contributed by atoms with E-state index in [0.717, 1.165) is 61.2 Å². The van der Waals surface area contributed by atoms with E-state index in [9.17, 15) is 22.0 Å². The summed E-state index contributed by atoms with van der Waals surface area (Å²) in [5, 5.41) is 0. The van der Waals surface area contributed by atoms with E-state index >= 15 is 13.2 Å². The standard InChI is InChI=1S/C38H30F8O/c1-2-3-4-5-23-6-8-24(9-7-23)10-11-25-12-17-31(34(41)18-25)38(45,46)47-28-14-16-29(33(40)22-28)26-13-15-30(32(39)19-26)27-20-35(42)37(44)36(43)21-27/h6-9,12-22H,2-5,10-11H2,1H3.